The highest BCUT2D eigenvalue weighted by Gasteiger charge is 2.34. The number of nitrogens with one attached hydrogen (secondary N) is 3. The van der Waals surface area contributed by atoms with Gasteiger partial charge in [0.15, 0.2) is 5.96 Å². The lowest BCUT2D eigenvalue weighted by Crippen LogP contribution is -2.48. The van der Waals surface area contributed by atoms with E-state index >= 15 is 0 Å². The van der Waals surface area contributed by atoms with Crippen LogP contribution < -0.4 is 20.7 Å². The number of aliphatic imine (C=N–C) groups is 1. The number of amides is 1. The average molecular weight is 566 g/mol. The van der Waals surface area contributed by atoms with Crippen LogP contribution in [0.25, 0.3) is 0 Å². The van der Waals surface area contributed by atoms with Gasteiger partial charge in [-0.05, 0) is 54.7 Å². The van der Waals surface area contributed by atoms with Crippen LogP contribution in [0.2, 0.25) is 0 Å². The Morgan fingerprint density at radius 3 is 2.48 bits per heavy atom. The van der Waals surface area contributed by atoms with Gasteiger partial charge >= 0.3 is 0 Å². The number of carbonyl (C=O) groups excluding carboxylic acids is 1. The number of nitrogens with zero attached hydrogens (tertiary/aromatic N) is 1. The zero-order chi connectivity index (χ0) is 22.8. The molecule has 3 rings (SSSR count). The molecule has 0 saturated carbocycles. The number of benzene rings is 2. The molecule has 1 saturated heterocycles. The molecule has 0 atom stereocenters. The molecule has 2 aromatic rings. The summed E-state index contributed by atoms with van der Waals surface area (Å²) in [5, 5.41) is 9.58. The lowest BCUT2D eigenvalue weighted by molar-refractivity contribution is 0.0513. The van der Waals surface area contributed by atoms with Crippen molar-refractivity contribution < 1.29 is 14.3 Å². The van der Waals surface area contributed by atoms with Gasteiger partial charge < -0.3 is 25.4 Å². The smallest absolute Gasteiger partial charge is 0.251 e. The van der Waals surface area contributed by atoms with Crippen LogP contribution in [0.5, 0.6) is 5.75 Å². The van der Waals surface area contributed by atoms with E-state index in [-0.39, 0.29) is 35.3 Å². The molecule has 0 aliphatic carbocycles. The second-order valence-corrected chi connectivity index (χ2v) is 8.00. The van der Waals surface area contributed by atoms with Crippen molar-refractivity contribution >= 4 is 35.8 Å². The quantitative estimate of drug-likeness (QED) is 0.260. The topological polar surface area (TPSA) is 84.0 Å². The molecular weight excluding hydrogens is 531 g/mol. The molecule has 1 amide bonds. The summed E-state index contributed by atoms with van der Waals surface area (Å²) in [5.74, 6) is 1.56. The van der Waals surface area contributed by atoms with E-state index in [1.807, 2.05) is 36.4 Å². The van der Waals surface area contributed by atoms with Crippen LogP contribution in [0.3, 0.4) is 0 Å². The van der Waals surface area contributed by atoms with E-state index in [9.17, 15) is 4.79 Å². The fourth-order valence-corrected chi connectivity index (χ4v) is 4.09. The van der Waals surface area contributed by atoms with Crippen LogP contribution in [0.15, 0.2) is 53.5 Å². The summed E-state index contributed by atoms with van der Waals surface area (Å²) >= 11 is 0. The first-order chi connectivity index (χ1) is 15.6. The van der Waals surface area contributed by atoms with Crippen LogP contribution in [-0.2, 0) is 16.6 Å². The number of rotatable bonds is 8. The summed E-state index contributed by atoms with van der Waals surface area (Å²) in [6.07, 6.45) is 2.70. The average Bonchev–Trinajstić information content (AvgIpc) is 2.86. The van der Waals surface area contributed by atoms with E-state index in [4.69, 9.17) is 9.47 Å². The summed E-state index contributed by atoms with van der Waals surface area (Å²) in [4.78, 5) is 16.2. The van der Waals surface area contributed by atoms with Gasteiger partial charge in [-0.1, -0.05) is 24.3 Å². The fourth-order valence-electron chi connectivity index (χ4n) is 4.09. The minimum Gasteiger partial charge on any atom is -0.497 e. The van der Waals surface area contributed by atoms with E-state index < -0.39 is 0 Å². The predicted molar refractivity (Wildman–Crippen MR) is 143 cm³/mol. The normalized spacial score (nSPS) is 15.2. The van der Waals surface area contributed by atoms with Crippen molar-refractivity contribution in [3.8, 4) is 5.75 Å². The Kier molecular flexibility index (Phi) is 10.9. The Bertz CT molecular complexity index is 912. The zero-order valence-corrected chi connectivity index (χ0v) is 22.0. The molecule has 0 unspecified atom stereocenters. The molecule has 8 heteroatoms. The van der Waals surface area contributed by atoms with Gasteiger partial charge in [0, 0.05) is 51.4 Å². The molecule has 0 spiro atoms. The molecule has 0 aromatic heterocycles. The van der Waals surface area contributed by atoms with Gasteiger partial charge in [0.2, 0.25) is 0 Å². The van der Waals surface area contributed by atoms with Crippen molar-refractivity contribution in [3.05, 3.63) is 65.2 Å². The lowest BCUT2D eigenvalue weighted by Gasteiger charge is -2.38. The fraction of sp³-hybridized carbons (Fsp3) is 0.440. The van der Waals surface area contributed by atoms with Crippen LogP contribution in [-0.4, -0.2) is 59.4 Å². The Hall–Kier alpha value is -2.33. The molecule has 3 N–H and O–H groups in total. The summed E-state index contributed by atoms with van der Waals surface area (Å²) in [5.41, 5.74) is 3.06. The highest BCUT2D eigenvalue weighted by molar-refractivity contribution is 14.0. The Balaban J connectivity index is 0.00000385. The van der Waals surface area contributed by atoms with Gasteiger partial charge in [0.25, 0.3) is 5.91 Å². The maximum absolute atomic E-state index is 11.8. The van der Waals surface area contributed by atoms with Gasteiger partial charge in [-0.25, -0.2) is 0 Å². The first kappa shape index (κ1) is 26.9. The minimum atomic E-state index is -0.0717. The number of methoxy groups -OCH3 is 1. The third-order valence-corrected chi connectivity index (χ3v) is 6.09. The molecule has 1 aliphatic rings. The first-order valence-corrected chi connectivity index (χ1v) is 11.1. The number of ether oxygens (including phenoxy) is 2. The van der Waals surface area contributed by atoms with Crippen LogP contribution in [0.1, 0.15) is 34.3 Å². The van der Waals surface area contributed by atoms with E-state index in [1.165, 1.54) is 5.56 Å². The predicted octanol–water partition coefficient (Wildman–Crippen LogP) is 3.13. The molecule has 1 aliphatic heterocycles. The molecule has 1 fully saturated rings. The lowest BCUT2D eigenvalue weighted by atomic mass is 9.74. The van der Waals surface area contributed by atoms with E-state index in [0.29, 0.717) is 5.56 Å². The van der Waals surface area contributed by atoms with Crippen molar-refractivity contribution in [3.63, 3.8) is 0 Å². The second-order valence-electron chi connectivity index (χ2n) is 8.00. The highest BCUT2D eigenvalue weighted by atomic mass is 127. The molecule has 1 heterocycles. The second kappa shape index (κ2) is 13.4. The summed E-state index contributed by atoms with van der Waals surface area (Å²) in [6, 6.07) is 16.0. The molecule has 0 bridgehead atoms. The Morgan fingerprint density at radius 1 is 1.12 bits per heavy atom. The van der Waals surface area contributed by atoms with Crippen molar-refractivity contribution in [2.24, 2.45) is 4.99 Å². The van der Waals surface area contributed by atoms with E-state index in [1.54, 1.807) is 21.2 Å². The first-order valence-electron chi connectivity index (χ1n) is 11.1. The van der Waals surface area contributed by atoms with Gasteiger partial charge in [0.05, 0.1) is 7.11 Å². The van der Waals surface area contributed by atoms with Crippen LogP contribution >= 0.6 is 24.0 Å². The third-order valence-electron chi connectivity index (χ3n) is 6.09. The molecule has 33 heavy (non-hydrogen) atoms. The van der Waals surface area contributed by atoms with Crippen molar-refractivity contribution in [1.29, 1.82) is 0 Å². The zero-order valence-electron chi connectivity index (χ0n) is 19.6. The van der Waals surface area contributed by atoms with Crippen molar-refractivity contribution in [2.75, 3.05) is 47.5 Å². The number of hydrogen-bond donors (Lipinski definition) is 3. The van der Waals surface area contributed by atoms with Gasteiger partial charge in [0.1, 0.15) is 5.75 Å². The molecule has 180 valence electrons. The summed E-state index contributed by atoms with van der Waals surface area (Å²) in [6.45, 7) is 2.99. The van der Waals surface area contributed by atoms with Gasteiger partial charge in [-0.3, -0.25) is 9.79 Å². The van der Waals surface area contributed by atoms with E-state index in [0.717, 1.165) is 62.8 Å². The number of hydrogen-bond acceptors (Lipinski definition) is 4. The summed E-state index contributed by atoms with van der Waals surface area (Å²) < 4.78 is 11.0. The Labute approximate surface area is 213 Å². The van der Waals surface area contributed by atoms with Gasteiger partial charge in [-0.15, -0.1) is 24.0 Å². The largest absolute Gasteiger partial charge is 0.497 e. The van der Waals surface area contributed by atoms with Crippen molar-refractivity contribution in [1.82, 2.24) is 16.0 Å². The number of guanidine groups is 1. The number of halogens is 1. The maximum Gasteiger partial charge on any atom is 0.251 e. The molecule has 2 aromatic carbocycles. The summed E-state index contributed by atoms with van der Waals surface area (Å²) in [7, 11) is 5.11. The standard InChI is InChI=1S/C25H34N4O3.HI/c1-26-23(30)20-6-4-5-19(17-20)11-14-28-24(27-2)29-18-25(12-15-32-16-13-25)21-7-9-22(31-3)10-8-21;/h4-10,17H,11-16,18H2,1-3H3,(H,26,30)(H2,27,28,29);1H. The van der Waals surface area contributed by atoms with Crippen LogP contribution in [0, 0.1) is 0 Å². The monoisotopic (exact) mass is 566 g/mol. The molecular formula is C25H35IN4O3. The van der Waals surface area contributed by atoms with E-state index in [2.05, 4.69) is 33.1 Å². The van der Waals surface area contributed by atoms with Crippen LogP contribution in [0.4, 0.5) is 0 Å². The SMILES string of the molecule is CN=C(NCCc1cccc(C(=O)NC)c1)NCC1(c2ccc(OC)cc2)CCOCC1.I. The maximum atomic E-state index is 11.8. The third kappa shape index (κ3) is 7.33. The highest BCUT2D eigenvalue weighted by Crippen LogP contribution is 2.35. The minimum absolute atomic E-state index is 0. The van der Waals surface area contributed by atoms with Gasteiger partial charge in [-0.2, -0.15) is 0 Å². The molecule has 7 nitrogen and oxygen atoms in total. The van der Waals surface area contributed by atoms with Crippen molar-refractivity contribution in [2.45, 2.75) is 24.7 Å². The molecule has 0 radical (unpaired) electrons. The Morgan fingerprint density at radius 2 is 1.85 bits per heavy atom. The number of carbonyl (C=O) groups is 1.